The van der Waals surface area contributed by atoms with Crippen molar-refractivity contribution in [2.75, 3.05) is 26.2 Å². The fraction of sp³-hybridized carbons (Fsp3) is 1.00. The van der Waals surface area contributed by atoms with Crippen molar-refractivity contribution < 1.29 is 9.84 Å². The van der Waals surface area contributed by atoms with Crippen molar-refractivity contribution in [1.29, 1.82) is 0 Å². The average molecular weight is 270 g/mol. The predicted octanol–water partition coefficient (Wildman–Crippen LogP) is 1.38. The number of aliphatic hydroxyl groups is 1. The molecule has 0 bridgehead atoms. The molecule has 1 saturated heterocycles. The lowest BCUT2D eigenvalue weighted by Crippen LogP contribution is -2.51. The Kier molecular flexibility index (Phi) is 6.07. The van der Waals surface area contributed by atoms with Gasteiger partial charge in [0.2, 0.25) is 0 Å². The molecule has 1 heterocycles. The lowest BCUT2D eigenvalue weighted by molar-refractivity contribution is -0.0400. The van der Waals surface area contributed by atoms with Crippen LogP contribution < -0.4 is 5.32 Å². The molecule has 2 N–H and O–H groups in total. The predicted molar refractivity (Wildman–Crippen MR) is 77.3 cm³/mol. The normalized spacial score (nSPS) is 34.4. The number of rotatable bonds is 4. The lowest BCUT2D eigenvalue weighted by Gasteiger charge is -2.36. The van der Waals surface area contributed by atoms with Gasteiger partial charge in [0, 0.05) is 31.7 Å². The van der Waals surface area contributed by atoms with Crippen LogP contribution in [0.1, 0.15) is 46.0 Å². The molecule has 2 rings (SSSR count). The summed E-state index contributed by atoms with van der Waals surface area (Å²) in [5, 5.41) is 13.6. The van der Waals surface area contributed by atoms with Crippen molar-refractivity contribution in [1.82, 2.24) is 10.2 Å². The first-order valence-electron chi connectivity index (χ1n) is 7.94. The van der Waals surface area contributed by atoms with Crippen molar-refractivity contribution >= 4 is 0 Å². The van der Waals surface area contributed by atoms with E-state index in [-0.39, 0.29) is 18.2 Å². The van der Waals surface area contributed by atoms with Crippen molar-refractivity contribution in [2.24, 2.45) is 0 Å². The SMILES string of the molecule is CC(C)N1CCOC(CNC2CCCCCC2O)C1. The van der Waals surface area contributed by atoms with Crippen LogP contribution in [0.15, 0.2) is 0 Å². The van der Waals surface area contributed by atoms with E-state index in [0.717, 1.165) is 39.1 Å². The van der Waals surface area contributed by atoms with E-state index in [1.54, 1.807) is 0 Å². The van der Waals surface area contributed by atoms with Crippen LogP contribution in [0, 0.1) is 0 Å². The minimum atomic E-state index is -0.174. The van der Waals surface area contributed by atoms with Gasteiger partial charge in [-0.3, -0.25) is 4.90 Å². The molecular formula is C15H30N2O2. The Balaban J connectivity index is 1.74. The van der Waals surface area contributed by atoms with Gasteiger partial charge in [0.25, 0.3) is 0 Å². The minimum absolute atomic E-state index is 0.174. The van der Waals surface area contributed by atoms with Gasteiger partial charge in [0.15, 0.2) is 0 Å². The second-order valence-electron chi connectivity index (χ2n) is 6.30. The highest BCUT2D eigenvalue weighted by Crippen LogP contribution is 2.18. The molecule has 1 aliphatic carbocycles. The number of nitrogens with zero attached hydrogens (tertiary/aromatic N) is 1. The molecule has 3 atom stereocenters. The van der Waals surface area contributed by atoms with Crippen molar-refractivity contribution in [3.63, 3.8) is 0 Å². The number of hydrogen-bond acceptors (Lipinski definition) is 4. The molecule has 1 aliphatic heterocycles. The number of aliphatic hydroxyl groups excluding tert-OH is 1. The average Bonchev–Trinajstić information content (AvgIpc) is 2.61. The van der Waals surface area contributed by atoms with E-state index in [2.05, 4.69) is 24.1 Å². The third-order valence-electron chi connectivity index (χ3n) is 4.49. The molecular weight excluding hydrogens is 240 g/mol. The Morgan fingerprint density at radius 3 is 2.84 bits per heavy atom. The zero-order chi connectivity index (χ0) is 13.7. The molecule has 0 radical (unpaired) electrons. The molecule has 2 fully saturated rings. The highest BCUT2D eigenvalue weighted by Gasteiger charge is 2.25. The molecule has 0 amide bonds. The summed E-state index contributed by atoms with van der Waals surface area (Å²) >= 11 is 0. The monoisotopic (exact) mass is 270 g/mol. The zero-order valence-electron chi connectivity index (χ0n) is 12.5. The van der Waals surface area contributed by atoms with Gasteiger partial charge >= 0.3 is 0 Å². The highest BCUT2D eigenvalue weighted by atomic mass is 16.5. The second-order valence-corrected chi connectivity index (χ2v) is 6.30. The quantitative estimate of drug-likeness (QED) is 0.758. The topological polar surface area (TPSA) is 44.7 Å². The third-order valence-corrected chi connectivity index (χ3v) is 4.49. The van der Waals surface area contributed by atoms with Crippen molar-refractivity contribution in [3.05, 3.63) is 0 Å². The maximum atomic E-state index is 10.1. The molecule has 112 valence electrons. The van der Waals surface area contributed by atoms with Gasteiger partial charge in [-0.25, -0.2) is 0 Å². The van der Waals surface area contributed by atoms with Gasteiger partial charge in [-0.2, -0.15) is 0 Å². The molecule has 0 aromatic rings. The van der Waals surface area contributed by atoms with Crippen molar-refractivity contribution in [3.8, 4) is 0 Å². The number of morpholine rings is 1. The first-order valence-corrected chi connectivity index (χ1v) is 7.94. The van der Waals surface area contributed by atoms with Gasteiger partial charge in [-0.15, -0.1) is 0 Å². The summed E-state index contributed by atoms with van der Waals surface area (Å²) < 4.78 is 5.83. The van der Waals surface area contributed by atoms with Crippen molar-refractivity contribution in [2.45, 2.75) is 70.2 Å². The minimum Gasteiger partial charge on any atom is -0.392 e. The van der Waals surface area contributed by atoms with Gasteiger partial charge in [0.1, 0.15) is 0 Å². The third kappa shape index (κ3) is 4.71. The fourth-order valence-electron chi connectivity index (χ4n) is 3.14. The van der Waals surface area contributed by atoms with E-state index in [9.17, 15) is 5.11 Å². The molecule has 4 heteroatoms. The summed E-state index contributed by atoms with van der Waals surface area (Å²) in [6.45, 7) is 8.23. The number of nitrogens with one attached hydrogen (secondary N) is 1. The van der Waals surface area contributed by atoms with E-state index >= 15 is 0 Å². The molecule has 3 unspecified atom stereocenters. The van der Waals surface area contributed by atoms with E-state index in [4.69, 9.17) is 4.74 Å². The van der Waals surface area contributed by atoms with E-state index in [0.29, 0.717) is 6.04 Å². The summed E-state index contributed by atoms with van der Waals surface area (Å²) in [6.07, 6.45) is 5.80. The standard InChI is InChI=1S/C15H30N2O2/c1-12(2)17-8-9-19-13(11-17)10-16-14-6-4-3-5-7-15(14)18/h12-16,18H,3-11H2,1-2H3. The van der Waals surface area contributed by atoms with Crippen LogP contribution in [0.3, 0.4) is 0 Å². The van der Waals surface area contributed by atoms with E-state index in [1.165, 1.54) is 19.3 Å². The largest absolute Gasteiger partial charge is 0.392 e. The van der Waals surface area contributed by atoms with Gasteiger partial charge in [-0.05, 0) is 26.7 Å². The number of hydrogen-bond donors (Lipinski definition) is 2. The Hall–Kier alpha value is -0.160. The molecule has 2 aliphatic rings. The summed E-state index contributed by atoms with van der Waals surface area (Å²) in [6, 6.07) is 0.857. The zero-order valence-corrected chi connectivity index (χ0v) is 12.5. The van der Waals surface area contributed by atoms with E-state index < -0.39 is 0 Å². The summed E-state index contributed by atoms with van der Waals surface area (Å²) in [4.78, 5) is 2.47. The Bertz CT molecular complexity index is 261. The lowest BCUT2D eigenvalue weighted by atomic mass is 10.1. The molecule has 19 heavy (non-hydrogen) atoms. The highest BCUT2D eigenvalue weighted by molar-refractivity contribution is 4.82. The maximum absolute atomic E-state index is 10.1. The number of ether oxygens (including phenoxy) is 1. The van der Waals surface area contributed by atoms with Gasteiger partial charge < -0.3 is 15.2 Å². The molecule has 4 nitrogen and oxygen atoms in total. The first kappa shape index (κ1) is 15.2. The molecule has 0 aromatic carbocycles. The summed E-state index contributed by atoms with van der Waals surface area (Å²) in [7, 11) is 0. The molecule has 0 spiro atoms. The van der Waals surface area contributed by atoms with Gasteiger partial charge in [0.05, 0.1) is 18.8 Å². The molecule has 0 aromatic heterocycles. The smallest absolute Gasteiger partial charge is 0.0826 e. The van der Waals surface area contributed by atoms with Crippen LogP contribution >= 0.6 is 0 Å². The summed E-state index contributed by atoms with van der Waals surface area (Å²) in [5.74, 6) is 0. The van der Waals surface area contributed by atoms with Crippen LogP contribution in [0.2, 0.25) is 0 Å². The first-order chi connectivity index (χ1) is 9.16. The fourth-order valence-corrected chi connectivity index (χ4v) is 3.14. The van der Waals surface area contributed by atoms with Crippen LogP contribution in [0.25, 0.3) is 0 Å². The van der Waals surface area contributed by atoms with Gasteiger partial charge in [-0.1, -0.05) is 19.3 Å². The van der Waals surface area contributed by atoms with Crippen LogP contribution in [-0.4, -0.2) is 60.5 Å². The summed E-state index contributed by atoms with van der Waals surface area (Å²) in [5.41, 5.74) is 0. The Morgan fingerprint density at radius 1 is 1.26 bits per heavy atom. The van der Waals surface area contributed by atoms with Crippen LogP contribution in [0.5, 0.6) is 0 Å². The van der Waals surface area contributed by atoms with E-state index in [1.807, 2.05) is 0 Å². The Labute approximate surface area is 117 Å². The molecule has 1 saturated carbocycles. The van der Waals surface area contributed by atoms with Crippen LogP contribution in [0.4, 0.5) is 0 Å². The maximum Gasteiger partial charge on any atom is 0.0826 e. The Morgan fingerprint density at radius 2 is 2.05 bits per heavy atom. The second kappa shape index (κ2) is 7.58. The van der Waals surface area contributed by atoms with Crippen LogP contribution in [-0.2, 0) is 4.74 Å².